The van der Waals surface area contributed by atoms with Crippen LogP contribution in [0.5, 0.6) is 5.75 Å². The number of carbonyl (C=O) groups excluding carboxylic acids is 1. The first kappa shape index (κ1) is 16.6. The Morgan fingerprint density at radius 2 is 2.08 bits per heavy atom. The van der Waals surface area contributed by atoms with E-state index in [-0.39, 0.29) is 5.91 Å². The van der Waals surface area contributed by atoms with Crippen molar-refractivity contribution in [2.75, 3.05) is 11.9 Å². The average molecular weight is 337 g/mol. The van der Waals surface area contributed by atoms with Crippen molar-refractivity contribution in [1.29, 1.82) is 0 Å². The number of tetrazole rings is 1. The number of aromatic amines is 1. The second-order valence-electron chi connectivity index (χ2n) is 5.50. The molecule has 128 valence electrons. The highest BCUT2D eigenvalue weighted by Gasteiger charge is 2.09. The van der Waals surface area contributed by atoms with Crippen molar-refractivity contribution in [2.24, 2.45) is 0 Å². The topological polar surface area (TPSA) is 92.8 Å². The Morgan fingerprint density at radius 3 is 2.88 bits per heavy atom. The molecular weight excluding hydrogens is 318 g/mol. The summed E-state index contributed by atoms with van der Waals surface area (Å²) in [7, 11) is 0. The highest BCUT2D eigenvalue weighted by atomic mass is 16.5. The Hall–Kier alpha value is -3.22. The fourth-order valence-corrected chi connectivity index (χ4v) is 2.28. The van der Waals surface area contributed by atoms with E-state index in [0.29, 0.717) is 29.4 Å². The van der Waals surface area contributed by atoms with Gasteiger partial charge in [0.1, 0.15) is 5.75 Å². The Balaban J connectivity index is 1.70. The highest BCUT2D eigenvalue weighted by molar-refractivity contribution is 6.04. The van der Waals surface area contributed by atoms with Crippen LogP contribution in [0.2, 0.25) is 0 Å². The third kappa shape index (κ3) is 4.41. The number of unbranched alkanes of at least 4 members (excludes halogenated alkanes) is 1. The lowest BCUT2D eigenvalue weighted by molar-refractivity contribution is 0.102. The fraction of sp³-hybridized carbons (Fsp3) is 0.222. The molecule has 0 bridgehead atoms. The lowest BCUT2D eigenvalue weighted by atomic mass is 10.1. The van der Waals surface area contributed by atoms with Gasteiger partial charge in [-0.3, -0.25) is 4.79 Å². The van der Waals surface area contributed by atoms with Crippen LogP contribution < -0.4 is 10.1 Å². The summed E-state index contributed by atoms with van der Waals surface area (Å²) >= 11 is 0. The zero-order valence-corrected chi connectivity index (χ0v) is 13.9. The van der Waals surface area contributed by atoms with Crippen LogP contribution in [0.25, 0.3) is 11.4 Å². The molecule has 1 aromatic heterocycles. The minimum Gasteiger partial charge on any atom is -0.494 e. The van der Waals surface area contributed by atoms with E-state index in [9.17, 15) is 4.79 Å². The maximum absolute atomic E-state index is 12.5. The van der Waals surface area contributed by atoms with Crippen LogP contribution in [-0.2, 0) is 0 Å². The van der Waals surface area contributed by atoms with Crippen LogP contribution >= 0.6 is 0 Å². The molecule has 3 aromatic rings. The lowest BCUT2D eigenvalue weighted by Gasteiger charge is -2.09. The first-order valence-electron chi connectivity index (χ1n) is 8.14. The normalized spacial score (nSPS) is 10.4. The van der Waals surface area contributed by atoms with Crippen LogP contribution in [-0.4, -0.2) is 33.1 Å². The third-order valence-electron chi connectivity index (χ3n) is 3.59. The summed E-state index contributed by atoms with van der Waals surface area (Å²) in [5.41, 5.74) is 1.96. The number of ether oxygens (including phenoxy) is 1. The predicted molar refractivity (Wildman–Crippen MR) is 94.4 cm³/mol. The lowest BCUT2D eigenvalue weighted by Crippen LogP contribution is -2.12. The van der Waals surface area contributed by atoms with Crippen molar-refractivity contribution in [3.63, 3.8) is 0 Å². The molecule has 0 aliphatic rings. The van der Waals surface area contributed by atoms with E-state index in [1.54, 1.807) is 18.2 Å². The standard InChI is InChI=1S/C18H19N5O2/c1-2-3-10-25-16-9-5-7-14(12-16)18(24)19-15-8-4-6-13(11-15)17-20-22-23-21-17/h4-9,11-12H,2-3,10H2,1H3,(H,19,24)(H,20,21,22,23). The smallest absolute Gasteiger partial charge is 0.255 e. The SMILES string of the molecule is CCCCOc1cccc(C(=O)Nc2cccc(-c3nn[nH]n3)c2)c1. The number of amides is 1. The van der Waals surface area contributed by atoms with Crippen LogP contribution in [0.3, 0.4) is 0 Å². The molecule has 0 spiro atoms. The van der Waals surface area contributed by atoms with Crippen molar-refractivity contribution in [3.05, 3.63) is 54.1 Å². The minimum atomic E-state index is -0.203. The summed E-state index contributed by atoms with van der Waals surface area (Å²) < 4.78 is 5.65. The second-order valence-corrected chi connectivity index (χ2v) is 5.50. The zero-order valence-electron chi connectivity index (χ0n) is 13.9. The number of nitrogens with one attached hydrogen (secondary N) is 2. The quantitative estimate of drug-likeness (QED) is 0.645. The summed E-state index contributed by atoms with van der Waals surface area (Å²) in [5.74, 6) is 0.968. The molecule has 0 fully saturated rings. The van der Waals surface area contributed by atoms with Crippen LogP contribution in [0.1, 0.15) is 30.1 Å². The molecule has 7 nitrogen and oxygen atoms in total. The molecule has 2 N–H and O–H groups in total. The predicted octanol–water partition coefficient (Wildman–Crippen LogP) is 3.30. The molecule has 0 aliphatic carbocycles. The molecule has 0 atom stereocenters. The van der Waals surface area contributed by atoms with Crippen molar-refractivity contribution in [2.45, 2.75) is 19.8 Å². The zero-order chi connectivity index (χ0) is 17.5. The monoisotopic (exact) mass is 337 g/mol. The van der Waals surface area contributed by atoms with Gasteiger partial charge in [0.05, 0.1) is 6.61 Å². The first-order chi connectivity index (χ1) is 12.3. The van der Waals surface area contributed by atoms with Gasteiger partial charge in [0.25, 0.3) is 5.91 Å². The maximum atomic E-state index is 12.5. The number of aromatic nitrogens is 4. The van der Waals surface area contributed by atoms with Crippen molar-refractivity contribution in [3.8, 4) is 17.1 Å². The number of H-pyrrole nitrogens is 1. The Morgan fingerprint density at radius 1 is 1.20 bits per heavy atom. The van der Waals surface area contributed by atoms with Crippen molar-refractivity contribution in [1.82, 2.24) is 20.6 Å². The van der Waals surface area contributed by atoms with E-state index < -0.39 is 0 Å². The largest absolute Gasteiger partial charge is 0.494 e. The molecule has 0 radical (unpaired) electrons. The third-order valence-corrected chi connectivity index (χ3v) is 3.59. The number of carbonyl (C=O) groups is 1. The number of hydrogen-bond donors (Lipinski definition) is 2. The molecule has 0 unspecified atom stereocenters. The fourth-order valence-electron chi connectivity index (χ4n) is 2.28. The van der Waals surface area contributed by atoms with Gasteiger partial charge in [-0.1, -0.05) is 31.5 Å². The molecule has 25 heavy (non-hydrogen) atoms. The molecule has 1 amide bonds. The molecule has 3 rings (SSSR count). The van der Waals surface area contributed by atoms with E-state index in [2.05, 4.69) is 32.9 Å². The summed E-state index contributed by atoms with van der Waals surface area (Å²) in [6.45, 7) is 2.75. The number of rotatable bonds is 7. The van der Waals surface area contributed by atoms with Crippen LogP contribution in [0, 0.1) is 0 Å². The van der Waals surface area contributed by atoms with Crippen molar-refractivity contribution < 1.29 is 9.53 Å². The van der Waals surface area contributed by atoms with E-state index >= 15 is 0 Å². The van der Waals surface area contributed by atoms with E-state index in [0.717, 1.165) is 18.4 Å². The van der Waals surface area contributed by atoms with Gasteiger partial charge in [-0.15, -0.1) is 10.2 Å². The minimum absolute atomic E-state index is 0.203. The van der Waals surface area contributed by atoms with Gasteiger partial charge in [-0.25, -0.2) is 0 Å². The molecule has 0 saturated carbocycles. The number of hydrogen-bond acceptors (Lipinski definition) is 5. The Bertz CT molecular complexity index is 833. The van der Waals surface area contributed by atoms with Gasteiger partial charge in [0, 0.05) is 16.8 Å². The van der Waals surface area contributed by atoms with Crippen molar-refractivity contribution >= 4 is 11.6 Å². The van der Waals surface area contributed by atoms with Gasteiger partial charge >= 0.3 is 0 Å². The number of anilines is 1. The molecule has 1 heterocycles. The van der Waals surface area contributed by atoms with E-state index in [1.165, 1.54) is 0 Å². The van der Waals surface area contributed by atoms with Gasteiger partial charge in [0.2, 0.25) is 5.82 Å². The summed E-state index contributed by atoms with van der Waals surface area (Å²) in [6, 6.07) is 14.4. The van der Waals surface area contributed by atoms with E-state index in [4.69, 9.17) is 4.74 Å². The number of benzene rings is 2. The molecular formula is C18H19N5O2. The van der Waals surface area contributed by atoms with Crippen LogP contribution in [0.15, 0.2) is 48.5 Å². The number of nitrogens with zero attached hydrogens (tertiary/aromatic N) is 3. The van der Waals surface area contributed by atoms with Crippen LogP contribution in [0.4, 0.5) is 5.69 Å². The van der Waals surface area contributed by atoms with Gasteiger partial charge in [-0.2, -0.15) is 5.21 Å². The summed E-state index contributed by atoms with van der Waals surface area (Å²) in [5, 5.41) is 16.7. The second kappa shape index (κ2) is 8.05. The molecule has 2 aromatic carbocycles. The Kier molecular flexibility index (Phi) is 5.36. The molecule has 7 heteroatoms. The summed E-state index contributed by atoms with van der Waals surface area (Å²) in [4.78, 5) is 12.5. The average Bonchev–Trinajstić information content (AvgIpc) is 3.17. The Labute approximate surface area is 145 Å². The highest BCUT2D eigenvalue weighted by Crippen LogP contribution is 2.20. The maximum Gasteiger partial charge on any atom is 0.255 e. The van der Waals surface area contributed by atoms with E-state index in [1.807, 2.05) is 30.3 Å². The summed E-state index contributed by atoms with van der Waals surface area (Å²) in [6.07, 6.45) is 2.05. The molecule has 0 saturated heterocycles. The molecule has 0 aliphatic heterocycles. The first-order valence-corrected chi connectivity index (χ1v) is 8.14. The van der Waals surface area contributed by atoms with Gasteiger partial charge < -0.3 is 10.1 Å². The van der Waals surface area contributed by atoms with Gasteiger partial charge in [-0.05, 0) is 42.0 Å². The van der Waals surface area contributed by atoms with Gasteiger partial charge in [0.15, 0.2) is 0 Å².